The maximum Gasteiger partial charge on any atom is 0.264 e. The average Bonchev–Trinajstić information content (AvgIpc) is 2.78. The van der Waals surface area contributed by atoms with E-state index in [2.05, 4.69) is 30.9 Å². The van der Waals surface area contributed by atoms with Gasteiger partial charge in [0.15, 0.2) is 0 Å². The molecule has 0 unspecified atom stereocenters. The van der Waals surface area contributed by atoms with Crippen LogP contribution in [0.2, 0.25) is 0 Å². The summed E-state index contributed by atoms with van der Waals surface area (Å²) in [7, 11) is 0. The summed E-state index contributed by atoms with van der Waals surface area (Å²) in [5.74, 6) is 0.865. The number of carbonyl (C=O) groups excluding carboxylic acids is 1. The van der Waals surface area contributed by atoms with Crippen LogP contribution in [0.25, 0.3) is 0 Å². The van der Waals surface area contributed by atoms with Crippen molar-refractivity contribution in [3.05, 3.63) is 58.9 Å². The van der Waals surface area contributed by atoms with E-state index in [0.717, 1.165) is 31.5 Å². The lowest BCUT2D eigenvalue weighted by Crippen LogP contribution is -2.45. The second kappa shape index (κ2) is 12.3. The van der Waals surface area contributed by atoms with Gasteiger partial charge in [-0.2, -0.15) is 0 Å². The van der Waals surface area contributed by atoms with Crippen LogP contribution in [-0.4, -0.2) is 48.1 Å². The number of carbonyl (C=O) groups is 1. The lowest BCUT2D eigenvalue weighted by molar-refractivity contribution is -0.119. The molecule has 0 atom stereocenters. The van der Waals surface area contributed by atoms with Crippen molar-refractivity contribution < 1.29 is 13.6 Å². The molecular formula is C24H33F2N3O. The van der Waals surface area contributed by atoms with Crippen LogP contribution in [0.5, 0.6) is 0 Å². The van der Waals surface area contributed by atoms with Gasteiger partial charge in [-0.05, 0) is 31.3 Å². The number of amides is 1. The Bertz CT molecular complexity index is 778. The number of benzene rings is 1. The van der Waals surface area contributed by atoms with Gasteiger partial charge < -0.3 is 9.80 Å². The van der Waals surface area contributed by atoms with Crippen LogP contribution in [0.1, 0.15) is 64.0 Å². The van der Waals surface area contributed by atoms with Crippen LogP contribution in [0.3, 0.4) is 0 Å². The zero-order chi connectivity index (χ0) is 21.9. The zero-order valence-corrected chi connectivity index (χ0v) is 18.3. The summed E-state index contributed by atoms with van der Waals surface area (Å²) in [6, 6.07) is 6.63. The smallest absolute Gasteiger partial charge is 0.264 e. The first-order chi connectivity index (χ1) is 14.5. The Kier molecular flexibility index (Phi) is 9.71. The molecule has 0 N–H and O–H groups in total. The third-order valence-electron chi connectivity index (χ3n) is 5.36. The lowest BCUT2D eigenvalue weighted by Gasteiger charge is -2.35. The fourth-order valence-electron chi connectivity index (χ4n) is 3.61. The normalized spacial score (nSPS) is 16.4. The molecular weight excluding hydrogens is 384 g/mol. The predicted octanol–water partition coefficient (Wildman–Crippen LogP) is 5.58. The van der Waals surface area contributed by atoms with Gasteiger partial charge in [-0.3, -0.25) is 4.79 Å². The number of nitrogens with zero attached hydrogens (tertiary/aromatic N) is 3. The van der Waals surface area contributed by atoms with Crippen molar-refractivity contribution in [2.24, 2.45) is 4.99 Å². The van der Waals surface area contributed by atoms with Crippen LogP contribution in [-0.2, 0) is 4.79 Å². The number of piperazine rings is 1. The Morgan fingerprint density at radius 3 is 2.33 bits per heavy atom. The van der Waals surface area contributed by atoms with Gasteiger partial charge in [0.2, 0.25) is 6.41 Å². The van der Waals surface area contributed by atoms with Crippen molar-refractivity contribution in [2.75, 3.05) is 26.2 Å². The number of alkyl halides is 2. The molecule has 1 aromatic rings. The second-order valence-electron chi connectivity index (χ2n) is 7.29. The third-order valence-corrected chi connectivity index (χ3v) is 5.36. The maximum absolute atomic E-state index is 13.6. The third kappa shape index (κ3) is 6.25. The first-order valence-corrected chi connectivity index (χ1v) is 10.8. The van der Waals surface area contributed by atoms with Gasteiger partial charge in [0.05, 0.1) is 5.71 Å². The molecule has 6 heteroatoms. The van der Waals surface area contributed by atoms with Gasteiger partial charge in [-0.1, -0.05) is 57.2 Å². The first-order valence-electron chi connectivity index (χ1n) is 10.8. The maximum atomic E-state index is 13.6. The summed E-state index contributed by atoms with van der Waals surface area (Å²) in [4.78, 5) is 20.0. The fraction of sp³-hybridized carbons (Fsp3) is 0.500. The van der Waals surface area contributed by atoms with Crippen LogP contribution >= 0.6 is 0 Å². The number of aliphatic imine (C=N–C) groups is 1. The van der Waals surface area contributed by atoms with Gasteiger partial charge >= 0.3 is 0 Å². The molecule has 1 amide bonds. The van der Waals surface area contributed by atoms with Crippen LogP contribution in [0.15, 0.2) is 52.8 Å². The van der Waals surface area contributed by atoms with Gasteiger partial charge in [0.25, 0.3) is 6.43 Å². The molecule has 0 aromatic heterocycles. The minimum absolute atomic E-state index is 0.0205. The summed E-state index contributed by atoms with van der Waals surface area (Å²) in [5.41, 5.74) is 2.38. The first kappa shape index (κ1) is 23.8. The quantitative estimate of drug-likeness (QED) is 0.283. The minimum Gasteiger partial charge on any atom is -0.353 e. The van der Waals surface area contributed by atoms with E-state index in [4.69, 9.17) is 4.99 Å². The van der Waals surface area contributed by atoms with Crippen molar-refractivity contribution in [3.63, 3.8) is 0 Å². The zero-order valence-electron chi connectivity index (χ0n) is 18.3. The van der Waals surface area contributed by atoms with Crippen molar-refractivity contribution in [2.45, 2.75) is 52.9 Å². The van der Waals surface area contributed by atoms with Gasteiger partial charge in [-0.25, -0.2) is 13.8 Å². The SMILES string of the molecule is CC/C=C\C/C(CC)=C(\N=C(/CC)c1ccccc1C(F)F)N1CCN(C=O)CC1. The molecule has 164 valence electrons. The number of rotatable bonds is 10. The summed E-state index contributed by atoms with van der Waals surface area (Å²) in [6.07, 6.45) is 5.76. The number of halogens is 2. The second-order valence-corrected chi connectivity index (χ2v) is 7.29. The molecule has 4 nitrogen and oxygen atoms in total. The molecule has 1 saturated heterocycles. The highest BCUT2D eigenvalue weighted by Crippen LogP contribution is 2.27. The fourth-order valence-corrected chi connectivity index (χ4v) is 3.61. The highest BCUT2D eigenvalue weighted by molar-refractivity contribution is 6.02. The monoisotopic (exact) mass is 417 g/mol. The summed E-state index contributed by atoms with van der Waals surface area (Å²) in [6.45, 7) is 8.80. The predicted molar refractivity (Wildman–Crippen MR) is 119 cm³/mol. The number of hydrogen-bond acceptors (Lipinski definition) is 3. The van der Waals surface area contributed by atoms with Gasteiger partial charge in [0, 0.05) is 37.3 Å². The molecule has 0 bridgehead atoms. The van der Waals surface area contributed by atoms with Crippen molar-refractivity contribution in [1.82, 2.24) is 9.80 Å². The Morgan fingerprint density at radius 1 is 1.07 bits per heavy atom. The Hall–Kier alpha value is -2.50. The molecule has 2 rings (SSSR count). The van der Waals surface area contributed by atoms with E-state index in [1.807, 2.05) is 6.92 Å². The largest absolute Gasteiger partial charge is 0.353 e. The standard InChI is InChI=1S/C24H33F2N3O/c1-4-7-8-11-19(5-2)24(29-16-14-28(18-30)15-17-29)27-22(6-3)20-12-9-10-13-21(20)23(25)26/h7-10,12-13,18,23H,4-6,11,14-17H2,1-3H3/b8-7-,24-19+,27-22+. The molecule has 1 heterocycles. The lowest BCUT2D eigenvalue weighted by atomic mass is 10.0. The molecule has 1 aliphatic rings. The van der Waals surface area contributed by atoms with E-state index in [-0.39, 0.29) is 5.56 Å². The van der Waals surface area contributed by atoms with E-state index in [0.29, 0.717) is 43.9 Å². The van der Waals surface area contributed by atoms with Crippen LogP contribution in [0, 0.1) is 0 Å². The van der Waals surface area contributed by atoms with Crippen molar-refractivity contribution in [3.8, 4) is 0 Å². The topological polar surface area (TPSA) is 35.9 Å². The van der Waals surface area contributed by atoms with Crippen LogP contribution in [0.4, 0.5) is 8.78 Å². The molecule has 0 saturated carbocycles. The van der Waals surface area contributed by atoms with E-state index in [1.165, 1.54) is 11.6 Å². The van der Waals surface area contributed by atoms with Crippen molar-refractivity contribution in [1.29, 1.82) is 0 Å². The molecule has 0 radical (unpaired) electrons. The number of hydrogen-bond donors (Lipinski definition) is 0. The highest BCUT2D eigenvalue weighted by atomic mass is 19.3. The van der Waals surface area contributed by atoms with E-state index >= 15 is 0 Å². The van der Waals surface area contributed by atoms with Gasteiger partial charge in [-0.15, -0.1) is 0 Å². The molecule has 1 aromatic carbocycles. The summed E-state index contributed by atoms with van der Waals surface area (Å²) < 4.78 is 27.2. The minimum atomic E-state index is -2.54. The molecule has 30 heavy (non-hydrogen) atoms. The Labute approximate surface area is 179 Å². The summed E-state index contributed by atoms with van der Waals surface area (Å²) in [5, 5.41) is 0. The van der Waals surface area contributed by atoms with E-state index < -0.39 is 6.43 Å². The Balaban J connectivity index is 2.52. The Morgan fingerprint density at radius 2 is 1.77 bits per heavy atom. The van der Waals surface area contributed by atoms with Crippen LogP contribution < -0.4 is 0 Å². The number of allylic oxidation sites excluding steroid dienone is 3. The van der Waals surface area contributed by atoms with E-state index in [1.54, 1.807) is 23.1 Å². The van der Waals surface area contributed by atoms with Gasteiger partial charge in [0.1, 0.15) is 5.82 Å². The molecule has 0 spiro atoms. The van der Waals surface area contributed by atoms with E-state index in [9.17, 15) is 13.6 Å². The summed E-state index contributed by atoms with van der Waals surface area (Å²) >= 11 is 0. The van der Waals surface area contributed by atoms with Crippen molar-refractivity contribution >= 4 is 12.1 Å². The molecule has 1 aliphatic heterocycles. The molecule has 0 aliphatic carbocycles. The average molecular weight is 418 g/mol. The molecule has 1 fully saturated rings. The highest BCUT2D eigenvalue weighted by Gasteiger charge is 2.22.